The molecule has 0 radical (unpaired) electrons. The summed E-state index contributed by atoms with van der Waals surface area (Å²) < 4.78 is 4.15. The fourth-order valence-corrected chi connectivity index (χ4v) is 3.78. The zero-order valence-corrected chi connectivity index (χ0v) is 16.4. The zero-order chi connectivity index (χ0) is 20.7. The Bertz CT molecular complexity index is 1380. The lowest BCUT2D eigenvalue weighted by Gasteiger charge is -2.11. The second kappa shape index (κ2) is 7.00. The van der Waals surface area contributed by atoms with Crippen molar-refractivity contribution in [1.29, 1.82) is 0 Å². The van der Waals surface area contributed by atoms with Crippen LogP contribution in [-0.4, -0.2) is 25.0 Å². The minimum atomic E-state index is -0.422. The number of hydrogen-bond donors (Lipinski definition) is 1. The molecule has 0 atom stereocenters. The van der Waals surface area contributed by atoms with E-state index in [2.05, 4.69) is 32.7 Å². The Kier molecular flexibility index (Phi) is 4.17. The number of hydrogen-bond acceptors (Lipinski definition) is 3. The van der Waals surface area contributed by atoms with Crippen LogP contribution < -0.4 is 5.73 Å². The standard InChI is InChI=1S/C24H19N5O/c1-16-12-17(24(25)30)7-8-21(16)29-11-9-19-22(5-2-6-23(19)29)28-14-20(27-15-28)18-4-3-10-26-13-18/h2-15H,1H3,(H2,25,30). The molecule has 0 aliphatic heterocycles. The van der Waals surface area contributed by atoms with Crippen molar-refractivity contribution >= 4 is 16.8 Å². The van der Waals surface area contributed by atoms with Gasteiger partial charge in [-0.05, 0) is 61.0 Å². The topological polar surface area (TPSA) is 78.7 Å². The van der Waals surface area contributed by atoms with Crippen molar-refractivity contribution in [3.8, 4) is 22.6 Å². The number of aromatic nitrogens is 4. The molecule has 0 spiro atoms. The molecule has 6 heteroatoms. The van der Waals surface area contributed by atoms with Crippen LogP contribution in [0.2, 0.25) is 0 Å². The van der Waals surface area contributed by atoms with Gasteiger partial charge in [0.2, 0.25) is 5.91 Å². The number of carbonyl (C=O) groups excluding carboxylic acids is 1. The van der Waals surface area contributed by atoms with Gasteiger partial charge in [0.15, 0.2) is 0 Å². The van der Waals surface area contributed by atoms with Gasteiger partial charge in [-0.2, -0.15) is 0 Å². The molecule has 0 saturated heterocycles. The number of fused-ring (bicyclic) bond motifs is 1. The van der Waals surface area contributed by atoms with Crippen molar-refractivity contribution in [2.75, 3.05) is 0 Å². The number of aryl methyl sites for hydroxylation is 1. The number of nitrogens with zero attached hydrogens (tertiary/aromatic N) is 4. The van der Waals surface area contributed by atoms with E-state index in [0.717, 1.165) is 39.1 Å². The molecule has 0 aliphatic carbocycles. The van der Waals surface area contributed by atoms with Crippen molar-refractivity contribution in [2.24, 2.45) is 5.73 Å². The third-order valence-corrected chi connectivity index (χ3v) is 5.27. The first kappa shape index (κ1) is 17.9. The quantitative estimate of drug-likeness (QED) is 0.495. The molecule has 0 saturated carbocycles. The highest BCUT2D eigenvalue weighted by molar-refractivity contribution is 5.94. The summed E-state index contributed by atoms with van der Waals surface area (Å²) >= 11 is 0. The van der Waals surface area contributed by atoms with Crippen molar-refractivity contribution in [1.82, 2.24) is 19.1 Å². The smallest absolute Gasteiger partial charge is 0.248 e. The van der Waals surface area contributed by atoms with Crippen molar-refractivity contribution in [3.05, 3.63) is 96.8 Å². The Labute approximate surface area is 173 Å². The van der Waals surface area contributed by atoms with Gasteiger partial charge in [-0.25, -0.2) is 4.98 Å². The van der Waals surface area contributed by atoms with E-state index in [-0.39, 0.29) is 0 Å². The molecule has 0 fully saturated rings. The van der Waals surface area contributed by atoms with Crippen LogP contribution in [0.3, 0.4) is 0 Å². The van der Waals surface area contributed by atoms with Gasteiger partial charge in [0.1, 0.15) is 0 Å². The molecule has 30 heavy (non-hydrogen) atoms. The number of imidazole rings is 1. The number of amides is 1. The van der Waals surface area contributed by atoms with Crippen LogP contribution in [0.15, 0.2) is 85.7 Å². The largest absolute Gasteiger partial charge is 0.366 e. The molecule has 0 aliphatic rings. The highest BCUT2D eigenvalue weighted by Gasteiger charge is 2.12. The fraction of sp³-hybridized carbons (Fsp3) is 0.0417. The summed E-state index contributed by atoms with van der Waals surface area (Å²) in [7, 11) is 0. The normalized spacial score (nSPS) is 11.1. The summed E-state index contributed by atoms with van der Waals surface area (Å²) in [4.78, 5) is 20.2. The Morgan fingerprint density at radius 2 is 1.93 bits per heavy atom. The molecule has 5 rings (SSSR count). The first-order chi connectivity index (χ1) is 14.6. The van der Waals surface area contributed by atoms with E-state index in [9.17, 15) is 4.79 Å². The average molecular weight is 393 g/mol. The molecular formula is C24H19N5O. The van der Waals surface area contributed by atoms with Crippen LogP contribution in [0.1, 0.15) is 15.9 Å². The zero-order valence-electron chi connectivity index (χ0n) is 16.4. The first-order valence-corrected chi connectivity index (χ1v) is 9.57. The van der Waals surface area contributed by atoms with Crippen LogP contribution in [0.4, 0.5) is 0 Å². The number of benzene rings is 2. The van der Waals surface area contributed by atoms with E-state index in [0.29, 0.717) is 5.56 Å². The molecule has 6 nitrogen and oxygen atoms in total. The summed E-state index contributed by atoms with van der Waals surface area (Å²) in [6.07, 6.45) is 9.43. The molecule has 1 amide bonds. The third-order valence-electron chi connectivity index (χ3n) is 5.27. The number of carbonyl (C=O) groups is 1. The van der Waals surface area contributed by atoms with E-state index in [4.69, 9.17) is 5.73 Å². The Hall–Kier alpha value is -4.19. The lowest BCUT2D eigenvalue weighted by molar-refractivity contribution is 0.1000. The van der Waals surface area contributed by atoms with Gasteiger partial charge >= 0.3 is 0 Å². The highest BCUT2D eigenvalue weighted by Crippen LogP contribution is 2.28. The van der Waals surface area contributed by atoms with Gasteiger partial charge in [-0.15, -0.1) is 0 Å². The average Bonchev–Trinajstić information content (AvgIpc) is 3.42. The molecule has 3 heterocycles. The SMILES string of the molecule is Cc1cc(C(N)=O)ccc1-n1ccc2c(-n3cnc(-c4cccnc4)c3)cccc21. The Balaban J connectivity index is 1.60. The van der Waals surface area contributed by atoms with Gasteiger partial charge in [-0.3, -0.25) is 9.78 Å². The summed E-state index contributed by atoms with van der Waals surface area (Å²) in [6, 6.07) is 17.7. The van der Waals surface area contributed by atoms with Gasteiger partial charge < -0.3 is 14.9 Å². The van der Waals surface area contributed by atoms with E-state index < -0.39 is 5.91 Å². The summed E-state index contributed by atoms with van der Waals surface area (Å²) in [5.74, 6) is -0.422. The molecule has 2 N–H and O–H groups in total. The summed E-state index contributed by atoms with van der Waals surface area (Å²) in [6.45, 7) is 1.98. The van der Waals surface area contributed by atoms with Crippen LogP contribution in [0, 0.1) is 6.92 Å². The predicted octanol–water partition coefficient (Wildman–Crippen LogP) is 4.29. The molecule has 5 aromatic rings. The molecule has 0 bridgehead atoms. The number of pyridine rings is 1. The van der Waals surface area contributed by atoms with E-state index in [1.54, 1.807) is 12.3 Å². The Morgan fingerprint density at radius 1 is 1.03 bits per heavy atom. The van der Waals surface area contributed by atoms with Crippen LogP contribution in [0.5, 0.6) is 0 Å². The van der Waals surface area contributed by atoms with E-state index in [1.165, 1.54) is 0 Å². The minimum Gasteiger partial charge on any atom is -0.366 e. The van der Waals surface area contributed by atoms with Crippen molar-refractivity contribution in [3.63, 3.8) is 0 Å². The fourth-order valence-electron chi connectivity index (χ4n) is 3.78. The lowest BCUT2D eigenvalue weighted by atomic mass is 10.1. The van der Waals surface area contributed by atoms with E-state index >= 15 is 0 Å². The number of primary amides is 1. The highest BCUT2D eigenvalue weighted by atomic mass is 16.1. The molecule has 146 valence electrons. The van der Waals surface area contributed by atoms with Crippen molar-refractivity contribution in [2.45, 2.75) is 6.92 Å². The summed E-state index contributed by atoms with van der Waals surface area (Å²) in [5, 5.41) is 1.10. The minimum absolute atomic E-state index is 0.422. The third kappa shape index (κ3) is 2.95. The second-order valence-corrected chi connectivity index (χ2v) is 7.17. The summed E-state index contributed by atoms with van der Waals surface area (Å²) in [5.41, 5.74) is 11.9. The van der Waals surface area contributed by atoms with Gasteiger partial charge in [-0.1, -0.05) is 6.07 Å². The van der Waals surface area contributed by atoms with Crippen LogP contribution in [-0.2, 0) is 0 Å². The maximum absolute atomic E-state index is 11.5. The lowest BCUT2D eigenvalue weighted by Crippen LogP contribution is -2.11. The Morgan fingerprint density at radius 3 is 2.70 bits per heavy atom. The second-order valence-electron chi connectivity index (χ2n) is 7.17. The molecule has 3 aromatic heterocycles. The predicted molar refractivity (Wildman–Crippen MR) is 117 cm³/mol. The van der Waals surface area contributed by atoms with Gasteiger partial charge in [0.05, 0.1) is 23.2 Å². The van der Waals surface area contributed by atoms with Gasteiger partial charge in [0, 0.05) is 47.0 Å². The van der Waals surface area contributed by atoms with Crippen molar-refractivity contribution < 1.29 is 4.79 Å². The number of rotatable bonds is 4. The monoisotopic (exact) mass is 393 g/mol. The van der Waals surface area contributed by atoms with E-state index in [1.807, 2.05) is 66.7 Å². The molecular weight excluding hydrogens is 374 g/mol. The van der Waals surface area contributed by atoms with Gasteiger partial charge in [0.25, 0.3) is 0 Å². The van der Waals surface area contributed by atoms with Crippen LogP contribution in [0.25, 0.3) is 33.5 Å². The maximum Gasteiger partial charge on any atom is 0.248 e. The molecule has 0 unspecified atom stereocenters. The molecule has 2 aromatic carbocycles. The first-order valence-electron chi connectivity index (χ1n) is 9.57. The number of nitrogens with two attached hydrogens (primary N) is 1. The maximum atomic E-state index is 11.5. The van der Waals surface area contributed by atoms with Crippen LogP contribution >= 0.6 is 0 Å².